The van der Waals surface area contributed by atoms with Crippen molar-refractivity contribution >= 4 is 33.4 Å². The summed E-state index contributed by atoms with van der Waals surface area (Å²) in [5.74, 6) is -0.311. The van der Waals surface area contributed by atoms with Crippen LogP contribution in [0.15, 0.2) is 58.3 Å². The van der Waals surface area contributed by atoms with Gasteiger partial charge in [0.15, 0.2) is 0 Å². The van der Waals surface area contributed by atoms with Crippen molar-refractivity contribution in [2.24, 2.45) is 0 Å². The van der Waals surface area contributed by atoms with Gasteiger partial charge in [-0.25, -0.2) is 8.42 Å². The number of para-hydroxylation sites is 1. The SMILES string of the molecule is CC(C)N(C)S(=O)(=O)c1cccc(C(=O)Nc2ccccc2SC2CCCC2)c1. The van der Waals surface area contributed by atoms with E-state index < -0.39 is 10.0 Å². The van der Waals surface area contributed by atoms with Gasteiger partial charge in [-0.05, 0) is 57.0 Å². The van der Waals surface area contributed by atoms with Crippen LogP contribution in [0.25, 0.3) is 0 Å². The number of sulfonamides is 1. The highest BCUT2D eigenvalue weighted by molar-refractivity contribution is 8.00. The summed E-state index contributed by atoms with van der Waals surface area (Å²) in [7, 11) is -2.10. The molecule has 0 saturated heterocycles. The van der Waals surface area contributed by atoms with Crippen molar-refractivity contribution in [3.8, 4) is 0 Å². The molecule has 1 fully saturated rings. The van der Waals surface area contributed by atoms with Crippen LogP contribution in [0.4, 0.5) is 5.69 Å². The third kappa shape index (κ3) is 5.21. The molecular formula is C22H28N2O3S2. The Hall–Kier alpha value is -1.83. The Morgan fingerprint density at radius 1 is 1.10 bits per heavy atom. The molecule has 1 amide bonds. The van der Waals surface area contributed by atoms with Crippen molar-refractivity contribution in [1.29, 1.82) is 0 Å². The first kappa shape index (κ1) is 21.9. The van der Waals surface area contributed by atoms with Gasteiger partial charge in [-0.3, -0.25) is 4.79 Å². The second kappa shape index (κ2) is 9.32. The molecule has 0 atom stereocenters. The number of carbonyl (C=O) groups excluding carboxylic acids is 1. The summed E-state index contributed by atoms with van der Waals surface area (Å²) in [6.45, 7) is 3.63. The van der Waals surface area contributed by atoms with Crippen LogP contribution in [-0.4, -0.2) is 37.0 Å². The van der Waals surface area contributed by atoms with E-state index in [2.05, 4.69) is 5.32 Å². The third-order valence-electron chi connectivity index (χ3n) is 5.23. The van der Waals surface area contributed by atoms with E-state index in [0.29, 0.717) is 10.8 Å². The Kier molecular flexibility index (Phi) is 7.03. The number of anilines is 1. The summed E-state index contributed by atoms with van der Waals surface area (Å²) in [6, 6.07) is 13.8. The Bertz CT molecular complexity index is 968. The molecule has 7 heteroatoms. The average molecular weight is 433 g/mol. The zero-order valence-electron chi connectivity index (χ0n) is 17.1. The number of thioether (sulfide) groups is 1. The fourth-order valence-corrected chi connectivity index (χ4v) is 6.04. The molecule has 1 saturated carbocycles. The largest absolute Gasteiger partial charge is 0.321 e. The van der Waals surface area contributed by atoms with Crippen LogP contribution >= 0.6 is 11.8 Å². The first-order chi connectivity index (χ1) is 13.8. The fraction of sp³-hybridized carbons (Fsp3) is 0.409. The Morgan fingerprint density at radius 3 is 2.48 bits per heavy atom. The molecule has 2 aromatic rings. The van der Waals surface area contributed by atoms with Gasteiger partial charge >= 0.3 is 0 Å². The first-order valence-corrected chi connectivity index (χ1v) is 12.3. The second-order valence-corrected chi connectivity index (χ2v) is 11.0. The smallest absolute Gasteiger partial charge is 0.255 e. The minimum absolute atomic E-state index is 0.120. The van der Waals surface area contributed by atoms with Gasteiger partial charge in [-0.2, -0.15) is 4.31 Å². The standard InChI is InChI=1S/C22H28N2O3S2/c1-16(2)24(3)29(26,27)19-12-8-9-17(15-19)22(25)23-20-13-6-7-14-21(20)28-18-10-4-5-11-18/h6-9,12-16,18H,4-5,10-11H2,1-3H3,(H,23,25). The molecule has 0 spiro atoms. The molecule has 0 radical (unpaired) electrons. The molecule has 1 aliphatic carbocycles. The zero-order valence-corrected chi connectivity index (χ0v) is 18.7. The summed E-state index contributed by atoms with van der Waals surface area (Å²) in [4.78, 5) is 14.0. The molecule has 0 aliphatic heterocycles. The van der Waals surface area contributed by atoms with Gasteiger partial charge in [0.25, 0.3) is 5.91 Å². The van der Waals surface area contributed by atoms with Crippen molar-refractivity contribution in [1.82, 2.24) is 4.31 Å². The summed E-state index contributed by atoms with van der Waals surface area (Å²) in [6.07, 6.45) is 4.93. The molecule has 5 nitrogen and oxygen atoms in total. The van der Waals surface area contributed by atoms with E-state index in [1.165, 1.54) is 42.1 Å². The molecule has 2 aromatic carbocycles. The predicted octanol–water partition coefficient (Wildman–Crippen LogP) is 5.00. The maximum Gasteiger partial charge on any atom is 0.255 e. The van der Waals surface area contributed by atoms with E-state index in [1.54, 1.807) is 19.2 Å². The van der Waals surface area contributed by atoms with E-state index in [4.69, 9.17) is 0 Å². The van der Waals surface area contributed by atoms with Crippen molar-refractivity contribution in [3.63, 3.8) is 0 Å². The van der Waals surface area contributed by atoms with Crippen LogP contribution < -0.4 is 5.32 Å². The van der Waals surface area contributed by atoms with Crippen molar-refractivity contribution < 1.29 is 13.2 Å². The van der Waals surface area contributed by atoms with Gasteiger partial charge in [0, 0.05) is 28.8 Å². The lowest BCUT2D eigenvalue weighted by molar-refractivity contribution is 0.102. The Balaban J connectivity index is 1.80. The van der Waals surface area contributed by atoms with Crippen molar-refractivity contribution in [2.45, 2.75) is 60.6 Å². The predicted molar refractivity (Wildman–Crippen MR) is 119 cm³/mol. The van der Waals surface area contributed by atoms with Crippen LogP contribution in [-0.2, 0) is 10.0 Å². The topological polar surface area (TPSA) is 66.5 Å². The van der Waals surface area contributed by atoms with Gasteiger partial charge < -0.3 is 5.32 Å². The Morgan fingerprint density at radius 2 is 1.79 bits per heavy atom. The highest BCUT2D eigenvalue weighted by Crippen LogP contribution is 2.38. The summed E-state index contributed by atoms with van der Waals surface area (Å²) in [5.41, 5.74) is 1.09. The number of nitrogens with zero attached hydrogens (tertiary/aromatic N) is 1. The van der Waals surface area contributed by atoms with Gasteiger partial charge in [0.05, 0.1) is 10.6 Å². The lowest BCUT2D eigenvalue weighted by atomic mass is 10.2. The maximum atomic E-state index is 12.9. The molecule has 1 N–H and O–H groups in total. The van der Waals surface area contributed by atoms with Crippen LogP contribution in [0.1, 0.15) is 49.9 Å². The van der Waals surface area contributed by atoms with E-state index >= 15 is 0 Å². The number of carbonyl (C=O) groups is 1. The van der Waals surface area contributed by atoms with Crippen LogP contribution in [0.5, 0.6) is 0 Å². The lowest BCUT2D eigenvalue weighted by Crippen LogP contribution is -2.33. The minimum Gasteiger partial charge on any atom is -0.321 e. The number of benzene rings is 2. The molecule has 0 aromatic heterocycles. The van der Waals surface area contributed by atoms with Crippen LogP contribution in [0.3, 0.4) is 0 Å². The molecule has 156 valence electrons. The molecule has 0 heterocycles. The monoisotopic (exact) mass is 432 g/mol. The first-order valence-electron chi connectivity index (χ1n) is 9.94. The molecule has 0 unspecified atom stereocenters. The van der Waals surface area contributed by atoms with Gasteiger partial charge in [-0.15, -0.1) is 11.8 Å². The number of hydrogen-bond acceptors (Lipinski definition) is 4. The molecule has 0 bridgehead atoms. The minimum atomic E-state index is -3.64. The van der Waals surface area contributed by atoms with E-state index in [0.717, 1.165) is 10.6 Å². The van der Waals surface area contributed by atoms with Gasteiger partial charge in [0.2, 0.25) is 10.0 Å². The van der Waals surface area contributed by atoms with Crippen LogP contribution in [0.2, 0.25) is 0 Å². The van der Waals surface area contributed by atoms with Crippen LogP contribution in [0, 0.1) is 0 Å². The summed E-state index contributed by atoms with van der Waals surface area (Å²) in [5, 5.41) is 3.55. The van der Waals surface area contributed by atoms with E-state index in [9.17, 15) is 13.2 Å². The number of amides is 1. The fourth-order valence-electron chi connectivity index (χ4n) is 3.29. The zero-order chi connectivity index (χ0) is 21.0. The quantitative estimate of drug-likeness (QED) is 0.668. The molecular weight excluding hydrogens is 404 g/mol. The Labute approximate surface area is 177 Å². The van der Waals surface area contributed by atoms with Crippen molar-refractivity contribution in [3.05, 3.63) is 54.1 Å². The molecule has 1 aliphatic rings. The van der Waals surface area contributed by atoms with E-state index in [-0.39, 0.29) is 16.8 Å². The highest BCUT2D eigenvalue weighted by atomic mass is 32.2. The average Bonchev–Trinajstić information content (AvgIpc) is 3.22. The number of nitrogens with one attached hydrogen (secondary N) is 1. The number of rotatable bonds is 7. The molecule has 3 rings (SSSR count). The van der Waals surface area contributed by atoms with E-state index in [1.807, 2.05) is 49.9 Å². The van der Waals surface area contributed by atoms with Gasteiger partial charge in [-0.1, -0.05) is 31.0 Å². The third-order valence-corrected chi connectivity index (χ3v) is 8.68. The summed E-state index contributed by atoms with van der Waals surface area (Å²) >= 11 is 1.81. The van der Waals surface area contributed by atoms with Crippen molar-refractivity contribution in [2.75, 3.05) is 12.4 Å². The maximum absolute atomic E-state index is 12.9. The normalized spacial score (nSPS) is 15.2. The summed E-state index contributed by atoms with van der Waals surface area (Å²) < 4.78 is 26.8. The van der Waals surface area contributed by atoms with Gasteiger partial charge in [0.1, 0.15) is 0 Å². The lowest BCUT2D eigenvalue weighted by Gasteiger charge is -2.21. The molecule has 29 heavy (non-hydrogen) atoms. The number of hydrogen-bond donors (Lipinski definition) is 1. The highest BCUT2D eigenvalue weighted by Gasteiger charge is 2.24. The second-order valence-electron chi connectivity index (χ2n) is 7.62.